The van der Waals surface area contributed by atoms with Crippen molar-refractivity contribution in [1.29, 1.82) is 0 Å². The van der Waals surface area contributed by atoms with Crippen molar-refractivity contribution in [3.63, 3.8) is 0 Å². The van der Waals surface area contributed by atoms with Crippen molar-refractivity contribution in [2.45, 2.75) is 64.5 Å². The van der Waals surface area contributed by atoms with Crippen molar-refractivity contribution in [3.8, 4) is 0 Å². The lowest BCUT2D eigenvalue weighted by Crippen LogP contribution is -2.53. The third-order valence-electron chi connectivity index (χ3n) is 6.46. The summed E-state index contributed by atoms with van der Waals surface area (Å²) in [4.78, 5) is 33.4. The lowest BCUT2D eigenvalue weighted by Gasteiger charge is -2.48. The van der Waals surface area contributed by atoms with E-state index in [0.717, 1.165) is 44.7 Å². The molecule has 1 aliphatic carbocycles. The average molecular weight is 344 g/mol. The number of carbonyl (C=O) groups excluding carboxylic acids is 2. The van der Waals surface area contributed by atoms with E-state index in [1.165, 1.54) is 12.8 Å². The van der Waals surface area contributed by atoms with Gasteiger partial charge in [-0.05, 0) is 51.4 Å². The summed E-state index contributed by atoms with van der Waals surface area (Å²) in [7, 11) is 0. The highest BCUT2D eigenvalue weighted by atomic mass is 16.2. The molecule has 0 unspecified atom stereocenters. The molecule has 6 heteroatoms. The summed E-state index contributed by atoms with van der Waals surface area (Å²) in [5, 5.41) is 0. The topological polar surface area (TPSA) is 58.4 Å². The van der Waals surface area contributed by atoms with Gasteiger partial charge in [0.25, 0.3) is 0 Å². The molecule has 0 aromatic carbocycles. The Morgan fingerprint density at radius 1 is 1.28 bits per heavy atom. The van der Waals surface area contributed by atoms with Crippen LogP contribution in [0.25, 0.3) is 0 Å². The van der Waals surface area contributed by atoms with E-state index in [0.29, 0.717) is 18.4 Å². The number of imidazole rings is 1. The summed E-state index contributed by atoms with van der Waals surface area (Å²) >= 11 is 0. The largest absolute Gasteiger partial charge is 0.341 e. The van der Waals surface area contributed by atoms with Gasteiger partial charge in [0.1, 0.15) is 11.9 Å². The lowest BCUT2D eigenvalue weighted by atomic mass is 9.72. The number of likely N-dealkylation sites (tertiary alicyclic amines) is 2. The molecule has 2 aliphatic heterocycles. The quantitative estimate of drug-likeness (QED) is 0.844. The zero-order valence-corrected chi connectivity index (χ0v) is 15.3. The second-order valence-electron chi connectivity index (χ2n) is 8.14. The maximum absolute atomic E-state index is 12.9. The number of aromatic nitrogens is 2. The third kappa shape index (κ3) is 3.07. The molecule has 4 rings (SSSR count). The Balaban J connectivity index is 1.38. The highest BCUT2D eigenvalue weighted by Crippen LogP contribution is 2.43. The predicted octanol–water partition coefficient (Wildman–Crippen LogP) is 2.15. The number of nitrogens with zero attached hydrogens (tertiary/aromatic N) is 4. The van der Waals surface area contributed by atoms with Gasteiger partial charge in [-0.25, -0.2) is 4.98 Å². The normalized spacial score (nSPS) is 24.6. The lowest BCUT2D eigenvalue weighted by molar-refractivity contribution is -0.144. The molecule has 6 nitrogen and oxygen atoms in total. The van der Waals surface area contributed by atoms with E-state index in [9.17, 15) is 9.59 Å². The van der Waals surface area contributed by atoms with Crippen LogP contribution in [0.15, 0.2) is 12.4 Å². The molecule has 1 aromatic heterocycles. The number of rotatable bonds is 3. The van der Waals surface area contributed by atoms with Gasteiger partial charge in [0.2, 0.25) is 11.8 Å². The van der Waals surface area contributed by atoms with Crippen molar-refractivity contribution >= 4 is 11.8 Å². The van der Waals surface area contributed by atoms with Gasteiger partial charge in [0.05, 0.1) is 0 Å². The third-order valence-corrected chi connectivity index (χ3v) is 6.46. The fraction of sp³-hybridized carbons (Fsp3) is 0.737. The number of hydrogen-bond donors (Lipinski definition) is 0. The predicted molar refractivity (Wildman–Crippen MR) is 93.9 cm³/mol. The maximum atomic E-state index is 12.9. The number of piperidine rings is 2. The van der Waals surface area contributed by atoms with Crippen molar-refractivity contribution < 1.29 is 9.59 Å². The standard InChI is InChI=1S/C19H28N4O2/c1-14(22-12-9-20-15(22)2)18(25)21-10-7-19(8-11-21)6-5-17(24)23(13-19)16-3-4-16/h9,12,14,16H,3-8,10-11,13H2,1-2H3/t14-/m1/s1. The van der Waals surface area contributed by atoms with Gasteiger partial charge in [-0.15, -0.1) is 0 Å². The van der Waals surface area contributed by atoms with Crippen LogP contribution in [0, 0.1) is 12.3 Å². The molecule has 25 heavy (non-hydrogen) atoms. The van der Waals surface area contributed by atoms with Crippen molar-refractivity contribution in [2.24, 2.45) is 5.41 Å². The van der Waals surface area contributed by atoms with Crippen LogP contribution in [0.4, 0.5) is 0 Å². The van der Waals surface area contributed by atoms with Gasteiger partial charge in [-0.1, -0.05) is 0 Å². The molecule has 2 amide bonds. The van der Waals surface area contributed by atoms with Crippen LogP contribution in [0.5, 0.6) is 0 Å². The second kappa shape index (κ2) is 6.15. The smallest absolute Gasteiger partial charge is 0.245 e. The van der Waals surface area contributed by atoms with Gasteiger partial charge in [-0.2, -0.15) is 0 Å². The Labute approximate surface area is 149 Å². The first-order chi connectivity index (χ1) is 12.0. The number of hydrogen-bond acceptors (Lipinski definition) is 3. The molecule has 3 heterocycles. The van der Waals surface area contributed by atoms with Gasteiger partial charge >= 0.3 is 0 Å². The van der Waals surface area contributed by atoms with E-state index in [1.807, 2.05) is 29.5 Å². The van der Waals surface area contributed by atoms with Crippen molar-refractivity contribution in [1.82, 2.24) is 19.4 Å². The Morgan fingerprint density at radius 3 is 2.60 bits per heavy atom. The van der Waals surface area contributed by atoms with Gasteiger partial charge < -0.3 is 14.4 Å². The molecular formula is C19H28N4O2. The Kier molecular flexibility index (Phi) is 4.08. The van der Waals surface area contributed by atoms with Crippen LogP contribution in [-0.4, -0.2) is 56.8 Å². The number of amides is 2. The Hall–Kier alpha value is -1.85. The first kappa shape index (κ1) is 16.6. The number of aryl methyl sites for hydroxylation is 1. The van der Waals surface area contributed by atoms with Crippen LogP contribution in [-0.2, 0) is 9.59 Å². The molecule has 2 saturated heterocycles. The van der Waals surface area contributed by atoms with Gasteiger partial charge in [0.15, 0.2) is 0 Å². The monoisotopic (exact) mass is 344 g/mol. The molecule has 0 bridgehead atoms. The minimum atomic E-state index is -0.201. The molecular weight excluding hydrogens is 316 g/mol. The van der Waals surface area contributed by atoms with E-state index < -0.39 is 0 Å². The van der Waals surface area contributed by atoms with E-state index in [4.69, 9.17) is 0 Å². The van der Waals surface area contributed by atoms with E-state index in [2.05, 4.69) is 9.88 Å². The summed E-state index contributed by atoms with van der Waals surface area (Å²) in [6, 6.07) is 0.307. The summed E-state index contributed by atoms with van der Waals surface area (Å²) in [5.74, 6) is 1.40. The second-order valence-corrected chi connectivity index (χ2v) is 8.14. The fourth-order valence-corrected chi connectivity index (χ4v) is 4.55. The fourth-order valence-electron chi connectivity index (χ4n) is 4.55. The van der Waals surface area contributed by atoms with Crippen LogP contribution >= 0.6 is 0 Å². The summed E-state index contributed by atoms with van der Waals surface area (Å²) < 4.78 is 1.95. The SMILES string of the molecule is Cc1nccn1[C@H](C)C(=O)N1CCC2(CCC(=O)N(C3CC3)C2)CC1. The zero-order chi connectivity index (χ0) is 17.6. The van der Waals surface area contributed by atoms with E-state index in [-0.39, 0.29) is 17.4 Å². The minimum Gasteiger partial charge on any atom is -0.341 e. The van der Waals surface area contributed by atoms with Gasteiger partial charge in [-0.3, -0.25) is 9.59 Å². The van der Waals surface area contributed by atoms with Crippen LogP contribution in [0.3, 0.4) is 0 Å². The molecule has 1 saturated carbocycles. The highest BCUT2D eigenvalue weighted by molar-refractivity contribution is 5.80. The van der Waals surface area contributed by atoms with E-state index >= 15 is 0 Å². The molecule has 1 aromatic rings. The molecule has 0 radical (unpaired) electrons. The Morgan fingerprint density at radius 2 is 2.00 bits per heavy atom. The average Bonchev–Trinajstić information content (AvgIpc) is 3.38. The first-order valence-corrected chi connectivity index (χ1v) is 9.57. The molecule has 3 aliphatic rings. The van der Waals surface area contributed by atoms with Gasteiger partial charge in [0, 0.05) is 44.5 Å². The molecule has 1 spiro atoms. The van der Waals surface area contributed by atoms with Crippen LogP contribution in [0.1, 0.15) is 57.3 Å². The molecule has 0 N–H and O–H groups in total. The van der Waals surface area contributed by atoms with Crippen molar-refractivity contribution in [3.05, 3.63) is 18.2 Å². The summed E-state index contributed by atoms with van der Waals surface area (Å²) in [6.45, 7) is 6.41. The molecule has 136 valence electrons. The van der Waals surface area contributed by atoms with E-state index in [1.54, 1.807) is 6.20 Å². The first-order valence-electron chi connectivity index (χ1n) is 9.57. The zero-order valence-electron chi connectivity index (χ0n) is 15.3. The van der Waals surface area contributed by atoms with Crippen LogP contribution in [0.2, 0.25) is 0 Å². The van der Waals surface area contributed by atoms with Crippen molar-refractivity contribution in [2.75, 3.05) is 19.6 Å². The maximum Gasteiger partial charge on any atom is 0.245 e. The molecule has 3 fully saturated rings. The van der Waals surface area contributed by atoms with Crippen LogP contribution < -0.4 is 0 Å². The number of carbonyl (C=O) groups is 2. The molecule has 1 atom stereocenters. The Bertz CT molecular complexity index is 671. The summed E-state index contributed by atoms with van der Waals surface area (Å²) in [6.07, 6.45) is 9.69. The minimum absolute atomic E-state index is 0.182. The highest BCUT2D eigenvalue weighted by Gasteiger charge is 2.45. The summed E-state index contributed by atoms with van der Waals surface area (Å²) in [5.41, 5.74) is 0.238.